The summed E-state index contributed by atoms with van der Waals surface area (Å²) in [5.41, 5.74) is 2.14. The van der Waals surface area contributed by atoms with Gasteiger partial charge in [0.15, 0.2) is 12.1 Å². The normalized spacial score (nSPS) is 36.2. The Kier molecular flexibility index (Phi) is 9.27. The molecule has 3 aromatic rings. The molecule has 0 amide bonds. The number of hydrogen-bond donors (Lipinski definition) is 0. The Hall–Kier alpha value is -3.10. The summed E-state index contributed by atoms with van der Waals surface area (Å²) in [5, 5.41) is 0. The minimum atomic E-state index is -0.891. The fourth-order valence-corrected chi connectivity index (χ4v) is 9.33. The third-order valence-corrected chi connectivity index (χ3v) is 11.8. The molecule has 2 aliphatic heterocycles. The lowest BCUT2D eigenvalue weighted by Crippen LogP contribution is -2.78. The average molecular weight is 665 g/mol. The molecule has 2 saturated carbocycles. The zero-order chi connectivity index (χ0) is 34.4. The average Bonchev–Trinajstić information content (AvgIpc) is 3.09. The maximum absolute atomic E-state index is 7.44. The molecule has 6 heteroatoms. The van der Waals surface area contributed by atoms with Crippen molar-refractivity contribution in [2.45, 2.75) is 115 Å². The van der Waals surface area contributed by atoms with Crippen LogP contribution in [-0.2, 0) is 41.6 Å². The van der Waals surface area contributed by atoms with E-state index >= 15 is 0 Å². The van der Waals surface area contributed by atoms with Crippen LogP contribution in [0.5, 0.6) is 0 Å². The number of benzene rings is 3. The third-order valence-electron chi connectivity index (χ3n) is 11.8. The van der Waals surface area contributed by atoms with E-state index < -0.39 is 52.9 Å². The molecular weight excluding hydrogens is 612 g/mol. The van der Waals surface area contributed by atoms with Gasteiger partial charge in [-0.05, 0) is 44.2 Å². The van der Waals surface area contributed by atoms with E-state index in [4.69, 9.17) is 35.0 Å². The highest BCUT2D eigenvalue weighted by Gasteiger charge is 2.73. The monoisotopic (exact) mass is 664 g/mol. The number of ether oxygens (including phenoxy) is 6. The highest BCUT2D eigenvalue weighted by Crippen LogP contribution is 2.65. The summed E-state index contributed by atoms with van der Waals surface area (Å²) in [4.78, 5) is 0. The van der Waals surface area contributed by atoms with Gasteiger partial charge in [-0.3, -0.25) is 0 Å². The van der Waals surface area contributed by atoms with Gasteiger partial charge in [0, 0.05) is 22.3 Å². The van der Waals surface area contributed by atoms with Crippen LogP contribution in [0.1, 0.15) is 76.9 Å². The second kappa shape index (κ2) is 13.2. The minimum Gasteiger partial charge on any atom is -0.370 e. The van der Waals surface area contributed by atoms with Gasteiger partial charge in [0.05, 0.1) is 37.6 Å². The number of fused-ring (bicyclic) bond motifs is 2. The van der Waals surface area contributed by atoms with Crippen molar-refractivity contribution in [1.82, 2.24) is 0 Å². The highest BCUT2D eigenvalue weighted by molar-refractivity contribution is 5.29. The van der Waals surface area contributed by atoms with Gasteiger partial charge in [0.2, 0.25) is 0 Å². The molecule has 0 N–H and O–H groups in total. The lowest BCUT2D eigenvalue weighted by Gasteiger charge is -2.69. The van der Waals surface area contributed by atoms with E-state index in [0.29, 0.717) is 19.6 Å². The molecule has 4 fully saturated rings. The summed E-state index contributed by atoms with van der Waals surface area (Å²) in [6, 6.07) is 30.9. The van der Waals surface area contributed by atoms with E-state index in [0.717, 1.165) is 35.1 Å². The van der Waals surface area contributed by atoms with Gasteiger partial charge in [-0.25, -0.2) is 0 Å². The first-order valence-electron chi connectivity index (χ1n) is 17.8. The van der Waals surface area contributed by atoms with Crippen LogP contribution in [0.15, 0.2) is 116 Å². The topological polar surface area (TPSA) is 55.4 Å². The van der Waals surface area contributed by atoms with Crippen LogP contribution in [0, 0.1) is 16.7 Å². The zero-order valence-corrected chi connectivity index (χ0v) is 29.7. The van der Waals surface area contributed by atoms with Crippen LogP contribution in [0.3, 0.4) is 0 Å². The molecule has 6 nitrogen and oxygen atoms in total. The molecule has 9 atom stereocenters. The first kappa shape index (κ1) is 34.4. The number of hydrogen-bond acceptors (Lipinski definition) is 6. The van der Waals surface area contributed by atoms with Crippen molar-refractivity contribution in [3.63, 3.8) is 0 Å². The molecule has 49 heavy (non-hydrogen) atoms. The Morgan fingerprint density at radius 3 is 1.96 bits per heavy atom. The van der Waals surface area contributed by atoms with Crippen molar-refractivity contribution in [3.05, 3.63) is 132 Å². The highest BCUT2D eigenvalue weighted by atomic mass is 16.7. The molecule has 260 valence electrons. The Labute approximate surface area is 292 Å². The Bertz CT molecular complexity index is 1600. The lowest BCUT2D eigenvalue weighted by atomic mass is 9.49. The molecule has 0 radical (unpaired) electrons. The van der Waals surface area contributed by atoms with Gasteiger partial charge in [-0.15, -0.1) is 6.58 Å². The lowest BCUT2D eigenvalue weighted by molar-refractivity contribution is -0.434. The van der Waals surface area contributed by atoms with E-state index in [1.165, 1.54) is 0 Å². The van der Waals surface area contributed by atoms with Gasteiger partial charge in [0.1, 0.15) is 11.7 Å². The van der Waals surface area contributed by atoms with Crippen LogP contribution in [0.4, 0.5) is 0 Å². The van der Waals surface area contributed by atoms with Gasteiger partial charge in [-0.1, -0.05) is 130 Å². The largest absolute Gasteiger partial charge is 0.370 e. The molecule has 2 saturated heterocycles. The molecule has 4 aliphatic rings. The first-order chi connectivity index (χ1) is 23.5. The molecule has 0 aromatic heterocycles. The SMILES string of the molecule is C=CC[C@@]12O[C@@H](c3ccccc3)O[C@@H]([C@@H](OCc3ccccc3)[C@H]3OC(C)(C)O[C@H]4CCC(=C)[C@@H]([C@@H]1OCc1ccccc1)[C@]43C)C2(C)C. The van der Waals surface area contributed by atoms with Gasteiger partial charge in [-0.2, -0.15) is 0 Å². The summed E-state index contributed by atoms with van der Waals surface area (Å²) >= 11 is 0. The van der Waals surface area contributed by atoms with Crippen LogP contribution in [0.25, 0.3) is 0 Å². The van der Waals surface area contributed by atoms with Crippen molar-refractivity contribution in [1.29, 1.82) is 0 Å². The molecule has 2 heterocycles. The van der Waals surface area contributed by atoms with E-state index in [1.807, 2.05) is 62.4 Å². The molecule has 0 unspecified atom stereocenters. The summed E-state index contributed by atoms with van der Waals surface area (Å²) in [6.07, 6.45) is 1.59. The van der Waals surface area contributed by atoms with E-state index in [1.54, 1.807) is 0 Å². The molecule has 2 bridgehead atoms. The molecule has 2 aliphatic carbocycles. The van der Waals surface area contributed by atoms with Crippen molar-refractivity contribution in [3.8, 4) is 0 Å². The van der Waals surface area contributed by atoms with E-state index in [9.17, 15) is 0 Å². The van der Waals surface area contributed by atoms with Crippen molar-refractivity contribution >= 4 is 0 Å². The quantitative estimate of drug-likeness (QED) is 0.213. The van der Waals surface area contributed by atoms with Gasteiger partial charge in [0.25, 0.3) is 0 Å². The standard InChI is InChI=1S/C43H52O6/c1-8-26-43-36(45-28-31-20-14-10-15-21-31)34-29(2)24-25-33-42(34,7)38(48-41(5,6)47-33)35(44-27-30-18-12-9-13-19-30)37(40(43,3)4)46-39(49-43)32-22-16-11-17-23-32/h8-23,33-39H,1-2,24-28H2,3-7H3/t33-,34-,35+,36-,37-,38+,39-,42-,43+/m0/s1. The zero-order valence-electron chi connectivity index (χ0n) is 29.7. The van der Waals surface area contributed by atoms with Crippen LogP contribution >= 0.6 is 0 Å². The maximum atomic E-state index is 7.44. The second-order valence-electron chi connectivity index (χ2n) is 15.6. The van der Waals surface area contributed by atoms with E-state index in [2.05, 4.69) is 75.9 Å². The number of rotatable bonds is 9. The maximum Gasteiger partial charge on any atom is 0.185 e. The molecule has 0 spiro atoms. The third kappa shape index (κ3) is 5.94. The summed E-state index contributed by atoms with van der Waals surface area (Å²) in [6.45, 7) is 20.7. The fraction of sp³-hybridized carbons (Fsp3) is 0.488. The van der Waals surface area contributed by atoms with Crippen molar-refractivity contribution < 1.29 is 28.4 Å². The van der Waals surface area contributed by atoms with Crippen LogP contribution in [-0.4, -0.2) is 41.9 Å². The van der Waals surface area contributed by atoms with Gasteiger partial charge < -0.3 is 28.4 Å². The predicted molar refractivity (Wildman–Crippen MR) is 190 cm³/mol. The second-order valence-corrected chi connectivity index (χ2v) is 15.6. The van der Waals surface area contributed by atoms with Gasteiger partial charge >= 0.3 is 0 Å². The van der Waals surface area contributed by atoms with Crippen molar-refractivity contribution in [2.24, 2.45) is 16.7 Å². The van der Waals surface area contributed by atoms with Crippen LogP contribution in [0.2, 0.25) is 0 Å². The Balaban J connectivity index is 1.46. The fourth-order valence-electron chi connectivity index (χ4n) is 9.33. The molecule has 7 rings (SSSR count). The molecular formula is C43H52O6. The molecule has 3 aromatic carbocycles. The Morgan fingerprint density at radius 1 is 0.755 bits per heavy atom. The van der Waals surface area contributed by atoms with Crippen LogP contribution < -0.4 is 0 Å². The predicted octanol–water partition coefficient (Wildman–Crippen LogP) is 9.12. The summed E-state index contributed by atoms with van der Waals surface area (Å²) < 4.78 is 43.1. The minimum absolute atomic E-state index is 0.130. The van der Waals surface area contributed by atoms with Crippen molar-refractivity contribution in [2.75, 3.05) is 0 Å². The summed E-state index contributed by atoms with van der Waals surface area (Å²) in [7, 11) is 0. The Morgan fingerprint density at radius 2 is 1.35 bits per heavy atom. The smallest absolute Gasteiger partial charge is 0.185 e. The van der Waals surface area contributed by atoms with E-state index in [-0.39, 0.29) is 12.0 Å². The first-order valence-corrected chi connectivity index (χ1v) is 17.8. The summed E-state index contributed by atoms with van der Waals surface area (Å²) in [5.74, 6) is -1.02.